The highest BCUT2D eigenvalue weighted by Gasteiger charge is 2.37. The van der Waals surface area contributed by atoms with Crippen molar-refractivity contribution in [3.8, 4) is 0 Å². The highest BCUT2D eigenvalue weighted by molar-refractivity contribution is 5.76. The van der Waals surface area contributed by atoms with Gasteiger partial charge in [-0.15, -0.1) is 0 Å². The van der Waals surface area contributed by atoms with Gasteiger partial charge < -0.3 is 10.6 Å². The first-order chi connectivity index (χ1) is 9.03. The molecule has 2 N–H and O–H groups in total. The Kier molecular flexibility index (Phi) is 3.59. The molecular weight excluding hydrogens is 236 g/mol. The van der Waals surface area contributed by atoms with Crippen molar-refractivity contribution in [1.82, 2.24) is 10.6 Å². The Morgan fingerprint density at radius 3 is 2.47 bits per heavy atom. The van der Waals surface area contributed by atoms with Crippen molar-refractivity contribution >= 4 is 5.91 Å². The van der Waals surface area contributed by atoms with E-state index in [1.807, 2.05) is 0 Å². The van der Waals surface area contributed by atoms with Crippen molar-refractivity contribution in [2.45, 2.75) is 83.3 Å². The van der Waals surface area contributed by atoms with E-state index >= 15 is 0 Å². The minimum absolute atomic E-state index is 0.294. The Hall–Kier alpha value is -0.570. The zero-order valence-corrected chi connectivity index (χ0v) is 12.4. The molecule has 0 aromatic heterocycles. The van der Waals surface area contributed by atoms with Crippen LogP contribution in [-0.2, 0) is 4.79 Å². The van der Waals surface area contributed by atoms with Crippen LogP contribution in [0.3, 0.4) is 0 Å². The third kappa shape index (κ3) is 2.96. The molecule has 2 saturated heterocycles. The maximum Gasteiger partial charge on any atom is 0.220 e. The van der Waals surface area contributed by atoms with Gasteiger partial charge >= 0.3 is 0 Å². The minimum Gasteiger partial charge on any atom is -0.353 e. The molecule has 0 aromatic carbocycles. The number of piperidine rings is 1. The van der Waals surface area contributed by atoms with E-state index in [4.69, 9.17) is 0 Å². The van der Waals surface area contributed by atoms with Gasteiger partial charge in [0, 0.05) is 24.5 Å². The van der Waals surface area contributed by atoms with E-state index in [2.05, 4.69) is 24.5 Å². The quantitative estimate of drug-likeness (QED) is 0.822. The minimum atomic E-state index is 0.294. The van der Waals surface area contributed by atoms with Crippen LogP contribution in [0.4, 0.5) is 0 Å². The molecule has 0 spiro atoms. The Bertz CT molecular complexity index is 341. The summed E-state index contributed by atoms with van der Waals surface area (Å²) in [6.45, 7) is 4.57. The lowest BCUT2D eigenvalue weighted by atomic mass is 9.86. The summed E-state index contributed by atoms with van der Waals surface area (Å²) in [5.74, 6) is 0.912. The molecule has 3 heteroatoms. The predicted octanol–water partition coefficient (Wildman–Crippen LogP) is 2.60. The van der Waals surface area contributed by atoms with Gasteiger partial charge in [-0.2, -0.15) is 0 Å². The largest absolute Gasteiger partial charge is 0.353 e. The molecule has 1 saturated carbocycles. The monoisotopic (exact) mass is 264 g/mol. The first-order valence-corrected chi connectivity index (χ1v) is 8.08. The molecule has 3 nitrogen and oxygen atoms in total. The van der Waals surface area contributed by atoms with Crippen LogP contribution in [-0.4, -0.2) is 24.0 Å². The number of nitrogens with one attached hydrogen (secondary N) is 2. The van der Waals surface area contributed by atoms with Gasteiger partial charge in [0.2, 0.25) is 5.91 Å². The van der Waals surface area contributed by atoms with E-state index in [0.29, 0.717) is 35.4 Å². The molecule has 3 fully saturated rings. The van der Waals surface area contributed by atoms with Crippen molar-refractivity contribution < 1.29 is 4.79 Å². The molecule has 108 valence electrons. The molecule has 2 aliphatic heterocycles. The van der Waals surface area contributed by atoms with E-state index in [9.17, 15) is 4.79 Å². The molecule has 1 amide bonds. The van der Waals surface area contributed by atoms with E-state index in [0.717, 1.165) is 12.8 Å². The van der Waals surface area contributed by atoms with Crippen molar-refractivity contribution in [1.29, 1.82) is 0 Å². The lowest BCUT2D eigenvalue weighted by molar-refractivity contribution is -0.123. The van der Waals surface area contributed by atoms with Crippen LogP contribution in [0, 0.1) is 11.3 Å². The molecule has 2 bridgehead atoms. The smallest absolute Gasteiger partial charge is 0.220 e. The van der Waals surface area contributed by atoms with Crippen LogP contribution in [0.15, 0.2) is 0 Å². The number of carbonyl (C=O) groups excluding carboxylic acids is 1. The highest BCUT2D eigenvalue weighted by atomic mass is 16.1. The molecule has 0 aromatic rings. The number of amides is 1. The fraction of sp³-hybridized carbons (Fsp3) is 0.938. The number of carbonyl (C=O) groups is 1. The molecule has 1 aliphatic carbocycles. The molecule has 2 heterocycles. The van der Waals surface area contributed by atoms with E-state index in [1.54, 1.807) is 0 Å². The molecule has 3 aliphatic rings. The first kappa shape index (κ1) is 13.4. The van der Waals surface area contributed by atoms with E-state index < -0.39 is 0 Å². The maximum absolute atomic E-state index is 12.3. The standard InChI is InChI=1S/C16H28N2O/c1-16(2)7-3-4-14(16)18-15(19)10-11-8-12-5-6-13(9-11)17-12/h11-14,17H,3-10H2,1-2H3,(H,18,19). The Morgan fingerprint density at radius 1 is 1.21 bits per heavy atom. The molecular formula is C16H28N2O. The van der Waals surface area contributed by atoms with Crippen LogP contribution in [0.2, 0.25) is 0 Å². The van der Waals surface area contributed by atoms with Crippen LogP contribution in [0.5, 0.6) is 0 Å². The average Bonchev–Trinajstić information content (AvgIpc) is 2.82. The molecule has 3 atom stereocenters. The number of fused-ring (bicyclic) bond motifs is 2. The number of rotatable bonds is 3. The summed E-state index contributed by atoms with van der Waals surface area (Å²) in [6.07, 6.45) is 9.47. The average molecular weight is 264 g/mol. The Balaban J connectivity index is 1.49. The van der Waals surface area contributed by atoms with Crippen LogP contribution in [0.1, 0.15) is 65.2 Å². The first-order valence-electron chi connectivity index (χ1n) is 8.08. The molecule has 3 rings (SSSR count). The molecule has 0 radical (unpaired) electrons. The van der Waals surface area contributed by atoms with Crippen molar-refractivity contribution in [2.75, 3.05) is 0 Å². The van der Waals surface area contributed by atoms with Gasteiger partial charge in [-0.05, 0) is 49.9 Å². The zero-order chi connectivity index (χ0) is 13.5. The van der Waals surface area contributed by atoms with Gasteiger partial charge in [-0.1, -0.05) is 20.3 Å². The normalized spacial score (nSPS) is 40.3. The van der Waals surface area contributed by atoms with E-state index in [-0.39, 0.29) is 0 Å². The summed E-state index contributed by atoms with van der Waals surface area (Å²) in [7, 11) is 0. The lowest BCUT2D eigenvalue weighted by Crippen LogP contribution is -2.44. The summed E-state index contributed by atoms with van der Waals surface area (Å²) < 4.78 is 0. The fourth-order valence-electron chi connectivity index (χ4n) is 4.45. The van der Waals surface area contributed by atoms with Gasteiger partial charge in [0.1, 0.15) is 0 Å². The van der Waals surface area contributed by atoms with Gasteiger partial charge in [-0.25, -0.2) is 0 Å². The Morgan fingerprint density at radius 2 is 1.89 bits per heavy atom. The number of hydrogen-bond acceptors (Lipinski definition) is 2. The maximum atomic E-state index is 12.3. The SMILES string of the molecule is CC1(C)CCCC1NC(=O)CC1CC2CCC(C1)N2. The third-order valence-electron chi connectivity index (χ3n) is 5.64. The summed E-state index contributed by atoms with van der Waals surface area (Å²) >= 11 is 0. The predicted molar refractivity (Wildman–Crippen MR) is 76.8 cm³/mol. The van der Waals surface area contributed by atoms with Crippen molar-refractivity contribution in [2.24, 2.45) is 11.3 Å². The highest BCUT2D eigenvalue weighted by Crippen LogP contribution is 2.37. The van der Waals surface area contributed by atoms with Gasteiger partial charge in [0.05, 0.1) is 0 Å². The van der Waals surface area contributed by atoms with Crippen molar-refractivity contribution in [3.63, 3.8) is 0 Å². The fourth-order valence-corrected chi connectivity index (χ4v) is 4.45. The second-order valence-electron chi connectivity index (χ2n) is 7.68. The van der Waals surface area contributed by atoms with Gasteiger partial charge in [0.25, 0.3) is 0 Å². The van der Waals surface area contributed by atoms with Gasteiger partial charge in [0.15, 0.2) is 0 Å². The summed E-state index contributed by atoms with van der Waals surface area (Å²) in [5, 5.41) is 6.96. The van der Waals surface area contributed by atoms with Crippen LogP contribution in [0.25, 0.3) is 0 Å². The Labute approximate surface area is 116 Å². The zero-order valence-electron chi connectivity index (χ0n) is 12.4. The van der Waals surface area contributed by atoms with E-state index in [1.165, 1.54) is 38.5 Å². The second-order valence-corrected chi connectivity index (χ2v) is 7.68. The summed E-state index contributed by atoms with van der Waals surface area (Å²) in [4.78, 5) is 12.3. The molecule has 19 heavy (non-hydrogen) atoms. The van der Waals surface area contributed by atoms with Crippen LogP contribution < -0.4 is 10.6 Å². The summed E-state index contributed by atoms with van der Waals surface area (Å²) in [5.41, 5.74) is 0.294. The number of hydrogen-bond donors (Lipinski definition) is 2. The van der Waals surface area contributed by atoms with Crippen molar-refractivity contribution in [3.05, 3.63) is 0 Å². The third-order valence-corrected chi connectivity index (χ3v) is 5.64. The summed E-state index contributed by atoms with van der Waals surface area (Å²) in [6, 6.07) is 1.79. The topological polar surface area (TPSA) is 41.1 Å². The van der Waals surface area contributed by atoms with Crippen LogP contribution >= 0.6 is 0 Å². The van der Waals surface area contributed by atoms with Gasteiger partial charge in [-0.3, -0.25) is 4.79 Å². The lowest BCUT2D eigenvalue weighted by Gasteiger charge is -2.31. The second kappa shape index (κ2) is 5.08. The molecule has 3 unspecified atom stereocenters.